The Kier molecular flexibility index (Phi) is 2.82. The van der Waals surface area contributed by atoms with E-state index in [1.165, 1.54) is 5.56 Å². The smallest absolute Gasteiger partial charge is 0.0726 e. The molecular formula is C14H18N2. The van der Waals surface area contributed by atoms with Crippen LogP contribution in [0.2, 0.25) is 0 Å². The first-order valence-electron chi connectivity index (χ1n) is 5.78. The highest BCUT2D eigenvalue weighted by Crippen LogP contribution is 2.26. The highest BCUT2D eigenvalue weighted by molar-refractivity contribution is 5.90. The monoisotopic (exact) mass is 214 g/mol. The Bertz CT molecular complexity index is 517. The maximum atomic E-state index is 6.03. The lowest BCUT2D eigenvalue weighted by Crippen LogP contribution is -1.95. The topological polar surface area (TPSA) is 38.9 Å². The fraction of sp³-hybridized carbons (Fsp3) is 0.357. The number of fused-ring (bicyclic) bond motifs is 1. The summed E-state index contributed by atoms with van der Waals surface area (Å²) in [6.45, 7) is 6.41. The molecule has 0 spiro atoms. The van der Waals surface area contributed by atoms with Crippen molar-refractivity contribution in [2.45, 2.75) is 33.1 Å². The molecule has 0 saturated carbocycles. The van der Waals surface area contributed by atoms with Gasteiger partial charge in [-0.15, -0.1) is 0 Å². The molecular weight excluding hydrogens is 196 g/mol. The van der Waals surface area contributed by atoms with Crippen LogP contribution < -0.4 is 5.73 Å². The molecule has 0 radical (unpaired) electrons. The highest BCUT2D eigenvalue weighted by Gasteiger charge is 2.06. The van der Waals surface area contributed by atoms with E-state index in [4.69, 9.17) is 5.73 Å². The lowest BCUT2D eigenvalue weighted by molar-refractivity contribution is 0.734. The highest BCUT2D eigenvalue weighted by atomic mass is 14.7. The van der Waals surface area contributed by atoms with Gasteiger partial charge in [0.15, 0.2) is 0 Å². The third-order valence-corrected chi connectivity index (χ3v) is 3.17. The fourth-order valence-electron chi connectivity index (χ4n) is 1.95. The average Bonchev–Trinajstić information content (AvgIpc) is 2.27. The second-order valence-electron chi connectivity index (χ2n) is 4.44. The summed E-state index contributed by atoms with van der Waals surface area (Å²) in [6.07, 6.45) is 1.14. The van der Waals surface area contributed by atoms with Crippen molar-refractivity contribution in [2.75, 3.05) is 5.73 Å². The molecule has 0 aliphatic carbocycles. The normalized spacial score (nSPS) is 12.9. The standard InChI is InChI=1S/C14H18N2/c1-4-9(2)11-5-6-14-12(8-11)13(15)7-10(3)16-14/h5-9H,4H2,1-3H3,(H2,15,16). The number of aryl methyl sites for hydroxylation is 1. The number of benzene rings is 1. The molecule has 1 aromatic heterocycles. The predicted molar refractivity (Wildman–Crippen MR) is 69.6 cm³/mol. The van der Waals surface area contributed by atoms with Gasteiger partial charge in [0, 0.05) is 16.8 Å². The van der Waals surface area contributed by atoms with Gasteiger partial charge >= 0.3 is 0 Å². The Balaban J connectivity index is 2.62. The molecule has 0 fully saturated rings. The zero-order chi connectivity index (χ0) is 11.7. The second-order valence-corrected chi connectivity index (χ2v) is 4.44. The molecule has 16 heavy (non-hydrogen) atoms. The van der Waals surface area contributed by atoms with Crippen LogP contribution in [0.15, 0.2) is 24.3 Å². The van der Waals surface area contributed by atoms with E-state index in [1.807, 2.05) is 13.0 Å². The molecule has 1 heterocycles. The molecule has 84 valence electrons. The first kappa shape index (κ1) is 10.9. The Hall–Kier alpha value is -1.57. The average molecular weight is 214 g/mol. The van der Waals surface area contributed by atoms with Gasteiger partial charge in [-0.1, -0.05) is 19.9 Å². The van der Waals surface area contributed by atoms with Crippen LogP contribution in [0.3, 0.4) is 0 Å². The van der Waals surface area contributed by atoms with Crippen LogP contribution in [0.25, 0.3) is 10.9 Å². The van der Waals surface area contributed by atoms with Gasteiger partial charge in [0.2, 0.25) is 0 Å². The van der Waals surface area contributed by atoms with Gasteiger partial charge in [-0.3, -0.25) is 4.98 Å². The molecule has 0 aliphatic rings. The van der Waals surface area contributed by atoms with E-state index in [0.29, 0.717) is 5.92 Å². The Morgan fingerprint density at radius 1 is 1.31 bits per heavy atom. The maximum absolute atomic E-state index is 6.03. The van der Waals surface area contributed by atoms with Crippen molar-refractivity contribution in [1.82, 2.24) is 4.98 Å². The van der Waals surface area contributed by atoms with E-state index in [1.54, 1.807) is 0 Å². The van der Waals surface area contributed by atoms with Gasteiger partial charge < -0.3 is 5.73 Å². The Morgan fingerprint density at radius 2 is 2.06 bits per heavy atom. The van der Waals surface area contributed by atoms with Crippen molar-refractivity contribution in [3.63, 3.8) is 0 Å². The summed E-state index contributed by atoms with van der Waals surface area (Å²) < 4.78 is 0. The van der Waals surface area contributed by atoms with E-state index in [0.717, 1.165) is 28.7 Å². The maximum Gasteiger partial charge on any atom is 0.0726 e. The number of anilines is 1. The number of hydrogen-bond acceptors (Lipinski definition) is 2. The minimum absolute atomic E-state index is 0.574. The number of pyridine rings is 1. The molecule has 2 nitrogen and oxygen atoms in total. The summed E-state index contributed by atoms with van der Waals surface area (Å²) in [5, 5.41) is 1.07. The van der Waals surface area contributed by atoms with Crippen LogP contribution in [0.5, 0.6) is 0 Å². The zero-order valence-electron chi connectivity index (χ0n) is 10.1. The van der Waals surface area contributed by atoms with Gasteiger partial charge in [0.05, 0.1) is 5.52 Å². The van der Waals surface area contributed by atoms with Crippen molar-refractivity contribution in [1.29, 1.82) is 0 Å². The SMILES string of the molecule is CCC(C)c1ccc2nc(C)cc(N)c2c1. The van der Waals surface area contributed by atoms with Gasteiger partial charge in [0.25, 0.3) is 0 Å². The van der Waals surface area contributed by atoms with Crippen LogP contribution >= 0.6 is 0 Å². The molecule has 2 N–H and O–H groups in total. The van der Waals surface area contributed by atoms with Crippen molar-refractivity contribution < 1.29 is 0 Å². The summed E-state index contributed by atoms with van der Waals surface area (Å²) >= 11 is 0. The van der Waals surface area contributed by atoms with E-state index in [9.17, 15) is 0 Å². The second kappa shape index (κ2) is 4.12. The van der Waals surface area contributed by atoms with Crippen LogP contribution in [-0.2, 0) is 0 Å². The van der Waals surface area contributed by atoms with Gasteiger partial charge in [-0.2, -0.15) is 0 Å². The first-order valence-corrected chi connectivity index (χ1v) is 5.78. The van der Waals surface area contributed by atoms with Crippen LogP contribution in [0.1, 0.15) is 37.4 Å². The van der Waals surface area contributed by atoms with E-state index >= 15 is 0 Å². The van der Waals surface area contributed by atoms with Gasteiger partial charge in [0.1, 0.15) is 0 Å². The van der Waals surface area contributed by atoms with E-state index < -0.39 is 0 Å². The zero-order valence-corrected chi connectivity index (χ0v) is 10.1. The molecule has 1 unspecified atom stereocenters. The summed E-state index contributed by atoms with van der Waals surface area (Å²) in [6, 6.07) is 8.33. The first-order chi connectivity index (χ1) is 7.61. The summed E-state index contributed by atoms with van der Waals surface area (Å²) in [5.41, 5.74) is 10.2. The molecule has 0 amide bonds. The van der Waals surface area contributed by atoms with Gasteiger partial charge in [-0.25, -0.2) is 0 Å². The number of rotatable bonds is 2. The lowest BCUT2D eigenvalue weighted by atomic mass is 9.96. The lowest BCUT2D eigenvalue weighted by Gasteiger charge is -2.11. The molecule has 2 aromatic rings. The quantitative estimate of drug-likeness (QED) is 0.829. The van der Waals surface area contributed by atoms with E-state index in [2.05, 4.69) is 37.0 Å². The number of hydrogen-bond donors (Lipinski definition) is 1. The number of nitrogen functional groups attached to an aromatic ring is 1. The number of nitrogens with zero attached hydrogens (tertiary/aromatic N) is 1. The van der Waals surface area contributed by atoms with Crippen LogP contribution in [0.4, 0.5) is 5.69 Å². The summed E-state index contributed by atoms with van der Waals surface area (Å²) in [4.78, 5) is 4.48. The minimum atomic E-state index is 0.574. The van der Waals surface area contributed by atoms with Crippen LogP contribution in [0, 0.1) is 6.92 Å². The molecule has 2 rings (SSSR count). The molecule has 0 bridgehead atoms. The summed E-state index contributed by atoms with van der Waals surface area (Å²) in [5.74, 6) is 0.574. The molecule has 1 atom stereocenters. The molecule has 1 aromatic carbocycles. The largest absolute Gasteiger partial charge is 0.398 e. The van der Waals surface area contributed by atoms with Crippen molar-refractivity contribution in [2.24, 2.45) is 0 Å². The third-order valence-electron chi connectivity index (χ3n) is 3.17. The van der Waals surface area contributed by atoms with Gasteiger partial charge in [-0.05, 0) is 43.0 Å². The summed E-state index contributed by atoms with van der Waals surface area (Å²) in [7, 11) is 0. The minimum Gasteiger partial charge on any atom is -0.398 e. The fourth-order valence-corrected chi connectivity index (χ4v) is 1.95. The predicted octanol–water partition coefficient (Wildman–Crippen LogP) is 3.64. The molecule has 0 saturated heterocycles. The third kappa shape index (κ3) is 1.87. The number of aromatic nitrogens is 1. The Morgan fingerprint density at radius 3 is 2.75 bits per heavy atom. The van der Waals surface area contributed by atoms with E-state index in [-0.39, 0.29) is 0 Å². The van der Waals surface area contributed by atoms with Crippen molar-refractivity contribution in [3.8, 4) is 0 Å². The Labute approximate surface area is 96.5 Å². The van der Waals surface area contributed by atoms with Crippen LogP contribution in [-0.4, -0.2) is 4.98 Å². The molecule has 2 heteroatoms. The molecule has 0 aliphatic heterocycles. The number of nitrogens with two attached hydrogens (primary N) is 1. The van der Waals surface area contributed by atoms with Crippen molar-refractivity contribution in [3.05, 3.63) is 35.5 Å². The van der Waals surface area contributed by atoms with Crippen molar-refractivity contribution >= 4 is 16.6 Å².